The third kappa shape index (κ3) is 2.58. The first-order chi connectivity index (χ1) is 9.22. The zero-order valence-electron chi connectivity index (χ0n) is 9.81. The number of aromatic nitrogens is 1. The van der Waals surface area contributed by atoms with Crippen molar-refractivity contribution in [1.29, 1.82) is 0 Å². The molecule has 4 heteroatoms. The summed E-state index contributed by atoms with van der Waals surface area (Å²) >= 11 is 3.32. The summed E-state index contributed by atoms with van der Waals surface area (Å²) in [6.07, 6.45) is 0. The highest BCUT2D eigenvalue weighted by atomic mass is 79.9. The highest BCUT2D eigenvalue weighted by molar-refractivity contribution is 9.10. The van der Waals surface area contributed by atoms with E-state index in [9.17, 15) is 4.39 Å². The Morgan fingerprint density at radius 2 is 1.84 bits per heavy atom. The number of pyridine rings is 1. The summed E-state index contributed by atoms with van der Waals surface area (Å²) in [6, 6.07) is 15.7. The van der Waals surface area contributed by atoms with Crippen LogP contribution >= 0.6 is 15.9 Å². The van der Waals surface area contributed by atoms with Crippen molar-refractivity contribution < 1.29 is 9.13 Å². The third-order valence-electron chi connectivity index (χ3n) is 2.68. The van der Waals surface area contributed by atoms with Gasteiger partial charge in [-0.1, -0.05) is 18.2 Å². The fourth-order valence-electron chi connectivity index (χ4n) is 1.77. The van der Waals surface area contributed by atoms with E-state index in [1.165, 1.54) is 12.1 Å². The van der Waals surface area contributed by atoms with Gasteiger partial charge in [-0.25, -0.2) is 9.37 Å². The van der Waals surface area contributed by atoms with Gasteiger partial charge >= 0.3 is 0 Å². The molecule has 0 atom stereocenters. The van der Waals surface area contributed by atoms with E-state index >= 15 is 0 Å². The lowest BCUT2D eigenvalue weighted by Crippen LogP contribution is -1.90. The molecule has 1 heterocycles. The number of fused-ring (bicyclic) bond motifs is 1. The van der Waals surface area contributed by atoms with Crippen molar-refractivity contribution >= 4 is 26.8 Å². The Bertz CT molecular complexity index is 745. The number of para-hydroxylation sites is 1. The maximum absolute atomic E-state index is 13.2. The Morgan fingerprint density at radius 3 is 2.74 bits per heavy atom. The van der Waals surface area contributed by atoms with Gasteiger partial charge in [-0.2, -0.15) is 0 Å². The number of hydrogen-bond acceptors (Lipinski definition) is 2. The van der Waals surface area contributed by atoms with E-state index < -0.39 is 0 Å². The predicted octanol–water partition coefficient (Wildman–Crippen LogP) is 4.93. The van der Waals surface area contributed by atoms with Gasteiger partial charge in [0.05, 0.1) is 9.99 Å². The fraction of sp³-hybridized carbons (Fsp3) is 0. The lowest BCUT2D eigenvalue weighted by Gasteiger charge is -2.07. The quantitative estimate of drug-likeness (QED) is 0.668. The van der Waals surface area contributed by atoms with Crippen LogP contribution in [0.4, 0.5) is 4.39 Å². The summed E-state index contributed by atoms with van der Waals surface area (Å²) in [6.45, 7) is 0. The molecule has 0 amide bonds. The number of benzene rings is 2. The molecule has 0 fully saturated rings. The van der Waals surface area contributed by atoms with Crippen LogP contribution < -0.4 is 4.74 Å². The molecule has 0 aliphatic carbocycles. The smallest absolute Gasteiger partial charge is 0.219 e. The van der Waals surface area contributed by atoms with E-state index in [2.05, 4.69) is 20.9 Å². The molecule has 0 N–H and O–H groups in total. The van der Waals surface area contributed by atoms with E-state index in [-0.39, 0.29) is 5.82 Å². The van der Waals surface area contributed by atoms with Gasteiger partial charge in [0.25, 0.3) is 0 Å². The topological polar surface area (TPSA) is 22.1 Å². The van der Waals surface area contributed by atoms with Crippen molar-refractivity contribution in [3.8, 4) is 11.6 Å². The van der Waals surface area contributed by atoms with Gasteiger partial charge in [-0.15, -0.1) is 0 Å². The van der Waals surface area contributed by atoms with Gasteiger partial charge in [0.1, 0.15) is 11.6 Å². The molecule has 0 unspecified atom stereocenters. The average Bonchev–Trinajstić information content (AvgIpc) is 2.43. The molecule has 3 rings (SSSR count). The molecule has 0 bridgehead atoms. The molecule has 94 valence electrons. The Morgan fingerprint density at radius 1 is 1.00 bits per heavy atom. The lowest BCUT2D eigenvalue weighted by atomic mass is 10.2. The molecule has 0 spiro atoms. The minimum atomic E-state index is -0.348. The van der Waals surface area contributed by atoms with Crippen molar-refractivity contribution in [3.05, 3.63) is 64.9 Å². The SMILES string of the molecule is Fc1ccc(Br)c(Oc2ccc3ccccc3n2)c1. The predicted molar refractivity (Wildman–Crippen MR) is 75.9 cm³/mol. The third-order valence-corrected chi connectivity index (χ3v) is 3.34. The molecule has 19 heavy (non-hydrogen) atoms. The van der Waals surface area contributed by atoms with Crippen LogP contribution in [-0.2, 0) is 0 Å². The zero-order valence-corrected chi connectivity index (χ0v) is 11.4. The van der Waals surface area contributed by atoms with Crippen LogP contribution in [0.5, 0.6) is 11.6 Å². The molecule has 1 aromatic heterocycles. The minimum absolute atomic E-state index is 0.348. The van der Waals surface area contributed by atoms with Crippen LogP contribution in [0.2, 0.25) is 0 Å². The van der Waals surface area contributed by atoms with Crippen LogP contribution in [0.1, 0.15) is 0 Å². The molecule has 0 saturated heterocycles. The van der Waals surface area contributed by atoms with Crippen LogP contribution in [0.15, 0.2) is 59.1 Å². The van der Waals surface area contributed by atoms with Crippen molar-refractivity contribution in [3.63, 3.8) is 0 Å². The van der Waals surface area contributed by atoms with Gasteiger partial charge in [0.2, 0.25) is 5.88 Å². The van der Waals surface area contributed by atoms with Crippen molar-refractivity contribution in [2.45, 2.75) is 0 Å². The van der Waals surface area contributed by atoms with Gasteiger partial charge < -0.3 is 4.74 Å². The summed E-state index contributed by atoms with van der Waals surface area (Å²) in [5, 5.41) is 1.04. The highest BCUT2D eigenvalue weighted by Gasteiger charge is 2.06. The van der Waals surface area contributed by atoms with Crippen LogP contribution in [0.3, 0.4) is 0 Å². The van der Waals surface area contributed by atoms with E-state index in [1.807, 2.05) is 30.3 Å². The van der Waals surface area contributed by atoms with Gasteiger partial charge in [0.15, 0.2) is 0 Å². The van der Waals surface area contributed by atoms with Crippen molar-refractivity contribution in [2.24, 2.45) is 0 Å². The monoisotopic (exact) mass is 317 g/mol. The van der Waals surface area contributed by atoms with Crippen LogP contribution in [-0.4, -0.2) is 4.98 Å². The molecule has 0 aliphatic rings. The van der Waals surface area contributed by atoms with Gasteiger partial charge in [0, 0.05) is 17.5 Å². The molecular formula is C15H9BrFNO. The maximum Gasteiger partial charge on any atom is 0.219 e. The number of halogens is 2. The first-order valence-electron chi connectivity index (χ1n) is 5.71. The number of nitrogens with zero attached hydrogens (tertiary/aromatic N) is 1. The summed E-state index contributed by atoms with van der Waals surface area (Å²) in [5.74, 6) is 0.492. The first kappa shape index (κ1) is 12.1. The molecule has 2 nitrogen and oxygen atoms in total. The zero-order chi connectivity index (χ0) is 13.2. The summed E-state index contributed by atoms with van der Waals surface area (Å²) in [7, 11) is 0. The Labute approximate surface area is 118 Å². The van der Waals surface area contributed by atoms with Gasteiger partial charge in [-0.05, 0) is 40.2 Å². The second-order valence-corrected chi connectivity index (χ2v) is 4.87. The molecule has 3 aromatic rings. The Balaban J connectivity index is 1.98. The number of ether oxygens (including phenoxy) is 1. The minimum Gasteiger partial charge on any atom is -0.438 e. The summed E-state index contributed by atoms with van der Waals surface area (Å²) in [5.41, 5.74) is 0.840. The van der Waals surface area contributed by atoms with E-state index in [1.54, 1.807) is 12.1 Å². The molecule has 2 aromatic carbocycles. The maximum atomic E-state index is 13.2. The van der Waals surface area contributed by atoms with Gasteiger partial charge in [-0.3, -0.25) is 0 Å². The Hall–Kier alpha value is -1.94. The standard InChI is InChI=1S/C15H9BrFNO/c16-12-7-6-11(17)9-14(12)19-15-8-5-10-3-1-2-4-13(10)18-15/h1-9H. The van der Waals surface area contributed by atoms with E-state index in [0.29, 0.717) is 16.1 Å². The first-order valence-corrected chi connectivity index (χ1v) is 6.50. The second-order valence-electron chi connectivity index (χ2n) is 4.02. The lowest BCUT2D eigenvalue weighted by molar-refractivity contribution is 0.457. The number of rotatable bonds is 2. The Kier molecular flexibility index (Phi) is 3.17. The van der Waals surface area contributed by atoms with E-state index in [4.69, 9.17) is 4.74 Å². The largest absolute Gasteiger partial charge is 0.438 e. The number of hydrogen-bond donors (Lipinski definition) is 0. The van der Waals surface area contributed by atoms with Crippen molar-refractivity contribution in [2.75, 3.05) is 0 Å². The van der Waals surface area contributed by atoms with Crippen molar-refractivity contribution in [1.82, 2.24) is 4.98 Å². The highest BCUT2D eigenvalue weighted by Crippen LogP contribution is 2.30. The average molecular weight is 318 g/mol. The van der Waals surface area contributed by atoms with Crippen LogP contribution in [0.25, 0.3) is 10.9 Å². The van der Waals surface area contributed by atoms with E-state index in [0.717, 1.165) is 10.9 Å². The summed E-state index contributed by atoms with van der Waals surface area (Å²) in [4.78, 5) is 4.38. The summed E-state index contributed by atoms with van der Waals surface area (Å²) < 4.78 is 19.5. The normalized spacial score (nSPS) is 10.6. The fourth-order valence-corrected chi connectivity index (χ4v) is 2.10. The molecule has 0 radical (unpaired) electrons. The van der Waals surface area contributed by atoms with Crippen LogP contribution in [0, 0.1) is 5.82 Å². The molecule has 0 saturated carbocycles. The molecule has 0 aliphatic heterocycles. The molecular weight excluding hydrogens is 309 g/mol. The second kappa shape index (κ2) is 4.97.